The monoisotopic (exact) mass is 456 g/mol. The predicted octanol–water partition coefficient (Wildman–Crippen LogP) is 2.73. The maximum atomic E-state index is 15.1. The summed E-state index contributed by atoms with van der Waals surface area (Å²) in [4.78, 5) is 0. The molecule has 0 saturated heterocycles. The molecule has 0 aromatic heterocycles. The van der Waals surface area contributed by atoms with Gasteiger partial charge in [0.2, 0.25) is 0 Å². The molecule has 2 N–H and O–H groups in total. The van der Waals surface area contributed by atoms with Crippen LogP contribution < -0.4 is 20.6 Å². The van der Waals surface area contributed by atoms with Gasteiger partial charge < -0.3 is 19.2 Å². The van der Waals surface area contributed by atoms with E-state index < -0.39 is 38.3 Å². The molecular formula is C24H27BF2O4Si. The highest BCUT2D eigenvalue weighted by atomic mass is 28.4. The van der Waals surface area contributed by atoms with Crippen molar-refractivity contribution in [3.05, 3.63) is 83.9 Å². The van der Waals surface area contributed by atoms with Crippen LogP contribution in [-0.4, -0.2) is 32.6 Å². The molecule has 3 aromatic rings. The lowest BCUT2D eigenvalue weighted by atomic mass is 9.78. The van der Waals surface area contributed by atoms with Crippen LogP contribution in [0.1, 0.15) is 26.3 Å². The van der Waals surface area contributed by atoms with Crippen molar-refractivity contribution in [1.82, 2.24) is 0 Å². The van der Waals surface area contributed by atoms with Crippen molar-refractivity contribution in [3.8, 4) is 5.75 Å². The molecule has 0 unspecified atom stereocenters. The van der Waals surface area contributed by atoms with E-state index in [1.165, 1.54) is 0 Å². The number of rotatable bonds is 7. The fourth-order valence-electron chi connectivity index (χ4n) is 4.11. The second kappa shape index (κ2) is 9.54. The van der Waals surface area contributed by atoms with Gasteiger partial charge in [-0.15, -0.1) is 0 Å². The van der Waals surface area contributed by atoms with Gasteiger partial charge in [0.05, 0.1) is 13.7 Å². The quantitative estimate of drug-likeness (QED) is 0.537. The zero-order chi connectivity index (χ0) is 23.5. The van der Waals surface area contributed by atoms with Crippen molar-refractivity contribution < 1.29 is 28.0 Å². The third-order valence-electron chi connectivity index (χ3n) is 5.61. The molecule has 8 heteroatoms. The zero-order valence-electron chi connectivity index (χ0n) is 18.6. The minimum atomic E-state index is -2.97. The van der Waals surface area contributed by atoms with E-state index in [2.05, 4.69) is 20.8 Å². The first-order valence-electron chi connectivity index (χ1n) is 10.3. The molecule has 0 heterocycles. The second-order valence-electron chi connectivity index (χ2n) is 8.61. The fraction of sp³-hybridized carbons (Fsp3) is 0.250. The summed E-state index contributed by atoms with van der Waals surface area (Å²) in [5.74, 6) is -2.74. The Balaban J connectivity index is 2.17. The Hall–Kier alpha value is -2.52. The predicted molar refractivity (Wildman–Crippen MR) is 125 cm³/mol. The van der Waals surface area contributed by atoms with E-state index in [0.29, 0.717) is 0 Å². The van der Waals surface area contributed by atoms with Crippen LogP contribution in [0.3, 0.4) is 0 Å². The highest BCUT2D eigenvalue weighted by molar-refractivity contribution is 6.99. The van der Waals surface area contributed by atoms with Crippen LogP contribution in [0.2, 0.25) is 5.04 Å². The number of hydrogen-bond donors (Lipinski definition) is 2. The van der Waals surface area contributed by atoms with E-state index in [1.807, 2.05) is 60.7 Å². The van der Waals surface area contributed by atoms with E-state index in [-0.39, 0.29) is 17.2 Å². The summed E-state index contributed by atoms with van der Waals surface area (Å²) in [6, 6.07) is 20.7. The van der Waals surface area contributed by atoms with E-state index in [9.17, 15) is 14.4 Å². The van der Waals surface area contributed by atoms with Gasteiger partial charge in [-0.05, 0) is 15.4 Å². The Morgan fingerprint density at radius 2 is 1.38 bits per heavy atom. The minimum absolute atomic E-state index is 0.0145. The molecule has 0 atom stereocenters. The highest BCUT2D eigenvalue weighted by Crippen LogP contribution is 2.37. The molecule has 0 spiro atoms. The Bertz CT molecular complexity index is 1020. The number of benzene rings is 3. The Morgan fingerprint density at radius 1 is 0.875 bits per heavy atom. The maximum Gasteiger partial charge on any atom is 0.491 e. The van der Waals surface area contributed by atoms with Gasteiger partial charge in [0.1, 0.15) is 0 Å². The van der Waals surface area contributed by atoms with Crippen LogP contribution in [0.5, 0.6) is 5.75 Å². The molecule has 0 aliphatic heterocycles. The largest absolute Gasteiger partial charge is 0.491 e. The van der Waals surface area contributed by atoms with Gasteiger partial charge in [0.25, 0.3) is 8.32 Å². The van der Waals surface area contributed by atoms with Crippen molar-refractivity contribution in [2.24, 2.45) is 0 Å². The normalized spacial score (nSPS) is 12.0. The van der Waals surface area contributed by atoms with Gasteiger partial charge in [-0.1, -0.05) is 87.5 Å². The average molecular weight is 456 g/mol. The molecule has 3 aromatic carbocycles. The number of hydrogen-bond acceptors (Lipinski definition) is 4. The molecule has 0 aliphatic rings. The first-order chi connectivity index (χ1) is 15.1. The van der Waals surface area contributed by atoms with Gasteiger partial charge in [0.15, 0.2) is 17.4 Å². The molecule has 4 nitrogen and oxygen atoms in total. The lowest BCUT2D eigenvalue weighted by molar-refractivity contribution is 0.276. The van der Waals surface area contributed by atoms with Gasteiger partial charge in [-0.2, -0.15) is 0 Å². The van der Waals surface area contributed by atoms with Crippen molar-refractivity contribution >= 4 is 31.3 Å². The first-order valence-corrected chi connectivity index (χ1v) is 12.2. The summed E-state index contributed by atoms with van der Waals surface area (Å²) in [7, 11) is -3.95. The molecule has 168 valence electrons. The third-order valence-corrected chi connectivity index (χ3v) is 10.6. The van der Waals surface area contributed by atoms with Crippen molar-refractivity contribution in [1.29, 1.82) is 0 Å². The van der Waals surface area contributed by atoms with Gasteiger partial charge in [-0.25, -0.2) is 8.78 Å². The van der Waals surface area contributed by atoms with Crippen LogP contribution in [0, 0.1) is 11.6 Å². The molecule has 0 fully saturated rings. The Labute approximate surface area is 188 Å². The van der Waals surface area contributed by atoms with Crippen molar-refractivity contribution in [3.63, 3.8) is 0 Å². The number of ether oxygens (including phenoxy) is 1. The zero-order valence-corrected chi connectivity index (χ0v) is 19.6. The van der Waals surface area contributed by atoms with Crippen molar-refractivity contribution in [2.75, 3.05) is 7.11 Å². The molecule has 32 heavy (non-hydrogen) atoms. The van der Waals surface area contributed by atoms with Crippen LogP contribution in [0.15, 0.2) is 66.7 Å². The SMILES string of the molecule is COc1c(F)c(CO[Si](c2ccccc2)(c2ccccc2)C(C)(C)C)cc(B(O)O)c1F. The summed E-state index contributed by atoms with van der Waals surface area (Å²) >= 11 is 0. The van der Waals surface area contributed by atoms with Crippen LogP contribution in [0.4, 0.5) is 8.78 Å². The van der Waals surface area contributed by atoms with Crippen molar-refractivity contribution in [2.45, 2.75) is 32.4 Å². The average Bonchev–Trinajstić information content (AvgIpc) is 2.76. The van der Waals surface area contributed by atoms with E-state index in [1.54, 1.807) is 0 Å². The summed E-state index contributed by atoms with van der Waals surface area (Å²) in [6.07, 6.45) is 0. The van der Waals surface area contributed by atoms with Gasteiger partial charge in [0, 0.05) is 11.0 Å². The van der Waals surface area contributed by atoms with Gasteiger partial charge >= 0.3 is 7.12 Å². The third kappa shape index (κ3) is 4.36. The highest BCUT2D eigenvalue weighted by Gasteiger charge is 2.50. The molecular weight excluding hydrogens is 429 g/mol. The Kier molecular flexibility index (Phi) is 7.19. The van der Waals surface area contributed by atoms with Crippen LogP contribution >= 0.6 is 0 Å². The summed E-state index contributed by atoms with van der Waals surface area (Å²) in [5, 5.41) is 20.8. The topological polar surface area (TPSA) is 58.9 Å². The van der Waals surface area contributed by atoms with Crippen LogP contribution in [-0.2, 0) is 11.0 Å². The summed E-state index contributed by atoms with van der Waals surface area (Å²) in [5.41, 5.74) is -0.483. The van der Waals surface area contributed by atoms with Crippen LogP contribution in [0.25, 0.3) is 0 Å². The van der Waals surface area contributed by atoms with E-state index >= 15 is 4.39 Å². The lowest BCUT2D eigenvalue weighted by Crippen LogP contribution is -2.66. The maximum absolute atomic E-state index is 15.1. The number of halogens is 2. The minimum Gasteiger partial charge on any atom is -0.491 e. The molecule has 3 rings (SSSR count). The molecule has 0 saturated carbocycles. The molecule has 0 amide bonds. The van der Waals surface area contributed by atoms with E-state index in [0.717, 1.165) is 23.5 Å². The smallest absolute Gasteiger partial charge is 0.491 e. The molecule has 0 bridgehead atoms. The summed E-state index contributed by atoms with van der Waals surface area (Å²) < 4.78 is 41.0. The summed E-state index contributed by atoms with van der Waals surface area (Å²) in [6.45, 7) is 6.06. The van der Waals surface area contributed by atoms with Gasteiger partial charge in [-0.3, -0.25) is 0 Å². The molecule has 0 radical (unpaired) electrons. The number of methoxy groups -OCH3 is 1. The Morgan fingerprint density at radius 3 is 1.78 bits per heavy atom. The first kappa shape index (κ1) is 24.1. The standard InChI is InChI=1S/C24H27BF2O4Si/c1-24(2,3)32(18-11-7-5-8-12-18,19-13-9-6-10-14-19)31-16-17-15-20(25(28)29)22(27)23(30-4)21(17)26/h5-15,28-29H,16H2,1-4H3. The molecule has 0 aliphatic carbocycles. The van der Waals surface area contributed by atoms with E-state index in [4.69, 9.17) is 9.16 Å². The lowest BCUT2D eigenvalue weighted by Gasteiger charge is -2.43. The second-order valence-corrected chi connectivity index (χ2v) is 12.9. The fourth-order valence-corrected chi connectivity index (χ4v) is 8.63.